The molecule has 0 atom stereocenters. The molecule has 0 aliphatic carbocycles. The zero-order chi connectivity index (χ0) is 21.3. The first-order valence-corrected chi connectivity index (χ1v) is 10.9. The number of nitrogens with zero attached hydrogens (tertiary/aromatic N) is 1. The van der Waals surface area contributed by atoms with Crippen LogP contribution in [0, 0.1) is 20.8 Å². The summed E-state index contributed by atoms with van der Waals surface area (Å²) in [6.07, 6.45) is 0. The molecule has 0 saturated carbocycles. The molecule has 3 heteroatoms. The second kappa shape index (κ2) is 6.52. The average Bonchev–Trinajstić information content (AvgIpc) is 2.76. The van der Waals surface area contributed by atoms with E-state index >= 15 is 0 Å². The van der Waals surface area contributed by atoms with Crippen LogP contribution in [0.15, 0.2) is 72.8 Å². The molecule has 4 aromatic rings. The van der Waals surface area contributed by atoms with Crippen molar-refractivity contribution in [1.82, 2.24) is 0 Å². The molecule has 4 aromatic carbocycles. The molecule has 0 saturated heterocycles. The van der Waals surface area contributed by atoms with Crippen LogP contribution in [-0.4, -0.2) is 13.8 Å². The zero-order valence-corrected chi connectivity index (χ0v) is 18.4. The average molecular weight is 401 g/mol. The molecule has 2 heterocycles. The van der Waals surface area contributed by atoms with Gasteiger partial charge in [0.2, 0.25) is 0 Å². The van der Waals surface area contributed by atoms with E-state index in [-0.39, 0.29) is 6.71 Å². The Hall–Kier alpha value is -3.46. The van der Waals surface area contributed by atoms with Crippen LogP contribution in [0.3, 0.4) is 0 Å². The smallest absolute Gasteiger partial charge is 0.256 e. The Kier molecular flexibility index (Phi) is 3.85. The maximum Gasteiger partial charge on any atom is 0.256 e. The fourth-order valence-electron chi connectivity index (χ4n) is 5.18. The predicted molar refractivity (Wildman–Crippen MR) is 132 cm³/mol. The molecule has 0 amide bonds. The van der Waals surface area contributed by atoms with Crippen molar-refractivity contribution in [3.63, 3.8) is 0 Å². The van der Waals surface area contributed by atoms with Gasteiger partial charge in [-0.3, -0.25) is 0 Å². The van der Waals surface area contributed by atoms with Gasteiger partial charge in [-0.1, -0.05) is 65.2 Å². The van der Waals surface area contributed by atoms with E-state index in [1.807, 2.05) is 0 Å². The second-order valence-electron chi connectivity index (χ2n) is 8.97. The van der Waals surface area contributed by atoms with Gasteiger partial charge in [-0.25, -0.2) is 0 Å². The van der Waals surface area contributed by atoms with Gasteiger partial charge in [-0.15, -0.1) is 0 Å². The maximum absolute atomic E-state index is 6.54. The second-order valence-corrected chi connectivity index (χ2v) is 8.97. The lowest BCUT2D eigenvalue weighted by molar-refractivity contribution is 0.487. The number of rotatable bonds is 1. The van der Waals surface area contributed by atoms with Crippen LogP contribution in [0.1, 0.15) is 16.7 Å². The first-order valence-electron chi connectivity index (χ1n) is 10.9. The van der Waals surface area contributed by atoms with Crippen LogP contribution in [0.5, 0.6) is 11.5 Å². The van der Waals surface area contributed by atoms with Crippen LogP contribution in [0.4, 0.5) is 11.4 Å². The summed E-state index contributed by atoms with van der Waals surface area (Å²) in [6.45, 7) is 6.66. The molecule has 0 bridgehead atoms. The minimum Gasteiger partial charge on any atom is -0.458 e. The number of ether oxygens (including phenoxy) is 1. The summed E-state index contributed by atoms with van der Waals surface area (Å²) in [4.78, 5) is 2.33. The summed E-state index contributed by atoms with van der Waals surface area (Å²) in [7, 11) is 2.17. The molecular weight excluding hydrogens is 377 g/mol. The van der Waals surface area contributed by atoms with Crippen molar-refractivity contribution in [3.8, 4) is 22.6 Å². The van der Waals surface area contributed by atoms with Crippen LogP contribution in [0.2, 0.25) is 0 Å². The van der Waals surface area contributed by atoms with E-state index in [2.05, 4.69) is 106 Å². The lowest BCUT2D eigenvalue weighted by Gasteiger charge is -2.39. The van der Waals surface area contributed by atoms with Gasteiger partial charge in [-0.2, -0.15) is 0 Å². The largest absolute Gasteiger partial charge is 0.458 e. The highest BCUT2D eigenvalue weighted by Crippen LogP contribution is 2.38. The van der Waals surface area contributed by atoms with E-state index in [1.165, 1.54) is 55.6 Å². The molecule has 150 valence electrons. The molecule has 0 N–H and O–H groups in total. The number of fused-ring (bicyclic) bond motifs is 4. The van der Waals surface area contributed by atoms with Gasteiger partial charge in [0.05, 0.1) is 0 Å². The molecule has 0 spiro atoms. The Balaban J connectivity index is 1.66. The van der Waals surface area contributed by atoms with E-state index in [0.29, 0.717) is 0 Å². The Labute approximate surface area is 184 Å². The molecule has 2 aliphatic heterocycles. The van der Waals surface area contributed by atoms with Gasteiger partial charge in [0, 0.05) is 18.4 Å². The van der Waals surface area contributed by atoms with Crippen molar-refractivity contribution in [2.75, 3.05) is 11.9 Å². The first-order chi connectivity index (χ1) is 15.0. The lowest BCUT2D eigenvalue weighted by atomic mass is 9.34. The van der Waals surface area contributed by atoms with Crippen molar-refractivity contribution in [1.29, 1.82) is 0 Å². The van der Waals surface area contributed by atoms with E-state index in [1.54, 1.807) is 0 Å². The van der Waals surface area contributed by atoms with Crippen LogP contribution in [0.25, 0.3) is 11.1 Å². The van der Waals surface area contributed by atoms with E-state index < -0.39 is 0 Å². The molecule has 0 radical (unpaired) electrons. The number of aryl methyl sites for hydroxylation is 3. The topological polar surface area (TPSA) is 12.5 Å². The summed E-state index contributed by atoms with van der Waals surface area (Å²) in [5.41, 5.74) is 12.6. The quantitative estimate of drug-likeness (QED) is 0.367. The maximum atomic E-state index is 6.54. The van der Waals surface area contributed by atoms with E-state index in [4.69, 9.17) is 4.74 Å². The highest BCUT2D eigenvalue weighted by Gasteiger charge is 2.40. The third-order valence-electron chi connectivity index (χ3n) is 6.67. The molecule has 0 unspecified atom stereocenters. The fourth-order valence-corrected chi connectivity index (χ4v) is 5.18. The van der Waals surface area contributed by atoms with Crippen molar-refractivity contribution >= 4 is 34.5 Å². The third-order valence-corrected chi connectivity index (χ3v) is 6.67. The summed E-state index contributed by atoms with van der Waals surface area (Å²) >= 11 is 0. The molecule has 31 heavy (non-hydrogen) atoms. The molecule has 0 fully saturated rings. The van der Waals surface area contributed by atoms with Crippen LogP contribution in [-0.2, 0) is 0 Å². The summed E-state index contributed by atoms with van der Waals surface area (Å²) in [5, 5.41) is 0. The molecule has 6 rings (SSSR count). The predicted octanol–water partition coefficient (Wildman–Crippen LogP) is 4.98. The van der Waals surface area contributed by atoms with Crippen molar-refractivity contribution < 1.29 is 4.74 Å². The van der Waals surface area contributed by atoms with E-state index in [0.717, 1.165) is 11.5 Å². The molecule has 2 nitrogen and oxygen atoms in total. The summed E-state index contributed by atoms with van der Waals surface area (Å²) in [6, 6.07) is 26.6. The summed E-state index contributed by atoms with van der Waals surface area (Å²) in [5.74, 6) is 1.93. The Bertz CT molecular complexity index is 1370. The monoisotopic (exact) mass is 401 g/mol. The van der Waals surface area contributed by atoms with Gasteiger partial charge in [0.25, 0.3) is 6.71 Å². The normalized spacial score (nSPS) is 13.3. The standard InChI is InChI=1S/C28H24BNO/c1-17-6-5-7-20(12-17)21-15-25-28-27(16-21)31-26-11-9-19(3)14-23(26)29(28)22-13-18(2)8-10-24(22)30(25)4/h5-16H,1-4H3. The van der Waals surface area contributed by atoms with Crippen LogP contribution >= 0.6 is 0 Å². The number of anilines is 2. The van der Waals surface area contributed by atoms with Crippen molar-refractivity contribution in [2.24, 2.45) is 0 Å². The zero-order valence-electron chi connectivity index (χ0n) is 18.4. The Morgan fingerprint density at radius 1 is 0.645 bits per heavy atom. The highest BCUT2D eigenvalue weighted by molar-refractivity contribution is 6.99. The molecule has 2 aliphatic rings. The Morgan fingerprint density at radius 2 is 1.39 bits per heavy atom. The number of hydrogen-bond acceptors (Lipinski definition) is 2. The van der Waals surface area contributed by atoms with Gasteiger partial charge in [-0.05, 0) is 72.6 Å². The molecule has 0 aromatic heterocycles. The van der Waals surface area contributed by atoms with Crippen LogP contribution < -0.4 is 26.0 Å². The van der Waals surface area contributed by atoms with Gasteiger partial charge >= 0.3 is 0 Å². The summed E-state index contributed by atoms with van der Waals surface area (Å²) < 4.78 is 6.54. The first kappa shape index (κ1) is 18.3. The SMILES string of the molecule is Cc1cccc(-c2cc3c4c(c2)N(C)c2ccc(C)cc2B4c2cc(C)ccc2O3)c1. The molecular formula is C28H24BNO. The third kappa shape index (κ3) is 2.73. The van der Waals surface area contributed by atoms with Gasteiger partial charge in [0.1, 0.15) is 11.5 Å². The van der Waals surface area contributed by atoms with Gasteiger partial charge in [0.15, 0.2) is 0 Å². The van der Waals surface area contributed by atoms with Gasteiger partial charge < -0.3 is 9.64 Å². The highest BCUT2D eigenvalue weighted by atomic mass is 16.5. The van der Waals surface area contributed by atoms with Crippen molar-refractivity contribution in [2.45, 2.75) is 20.8 Å². The lowest BCUT2D eigenvalue weighted by Crippen LogP contribution is -2.59. The number of hydrogen-bond donors (Lipinski definition) is 0. The Morgan fingerprint density at radius 3 is 2.19 bits per heavy atom. The van der Waals surface area contributed by atoms with Crippen molar-refractivity contribution in [3.05, 3.63) is 89.5 Å². The van der Waals surface area contributed by atoms with E-state index in [9.17, 15) is 0 Å². The minimum atomic E-state index is 0.186. The number of benzene rings is 4. The minimum absolute atomic E-state index is 0.186. The fraction of sp³-hybridized carbons (Fsp3) is 0.143.